The van der Waals surface area contributed by atoms with Gasteiger partial charge in [0.05, 0.1) is 19.3 Å². The molecular formula is C10H13N3O2. The van der Waals surface area contributed by atoms with E-state index in [1.807, 2.05) is 13.2 Å². The highest BCUT2D eigenvalue weighted by molar-refractivity contribution is 5.69. The van der Waals surface area contributed by atoms with Crippen LogP contribution in [0.15, 0.2) is 12.4 Å². The molecule has 1 aromatic rings. The van der Waals surface area contributed by atoms with Crippen LogP contribution in [-0.2, 0) is 18.4 Å². The van der Waals surface area contributed by atoms with Gasteiger partial charge in [-0.2, -0.15) is 5.10 Å². The number of hydrogen-bond donors (Lipinski definition) is 1. The van der Waals surface area contributed by atoms with Crippen molar-refractivity contribution >= 4 is 5.97 Å². The number of rotatable bonds is 5. The average molecular weight is 207 g/mol. The second-order valence-corrected chi connectivity index (χ2v) is 3.27. The van der Waals surface area contributed by atoms with E-state index in [2.05, 4.69) is 11.0 Å². The van der Waals surface area contributed by atoms with Gasteiger partial charge in [0.15, 0.2) is 0 Å². The highest BCUT2D eigenvalue weighted by atomic mass is 16.4. The van der Waals surface area contributed by atoms with E-state index in [0.29, 0.717) is 13.1 Å². The summed E-state index contributed by atoms with van der Waals surface area (Å²) in [5.41, 5.74) is 0.953. The van der Waals surface area contributed by atoms with Crippen LogP contribution in [0.4, 0.5) is 0 Å². The largest absolute Gasteiger partial charge is 0.480 e. The van der Waals surface area contributed by atoms with E-state index in [1.54, 1.807) is 15.8 Å². The zero-order valence-corrected chi connectivity index (χ0v) is 8.55. The molecule has 0 aliphatic heterocycles. The van der Waals surface area contributed by atoms with Crippen LogP contribution in [0.1, 0.15) is 5.56 Å². The second-order valence-electron chi connectivity index (χ2n) is 3.27. The zero-order valence-electron chi connectivity index (χ0n) is 8.55. The third-order valence-corrected chi connectivity index (χ3v) is 1.84. The van der Waals surface area contributed by atoms with Crippen LogP contribution >= 0.6 is 0 Å². The number of terminal acetylenes is 1. The Balaban J connectivity index is 2.58. The van der Waals surface area contributed by atoms with Gasteiger partial charge in [-0.25, -0.2) is 0 Å². The van der Waals surface area contributed by atoms with Gasteiger partial charge in [0.25, 0.3) is 0 Å². The molecule has 0 saturated heterocycles. The molecule has 0 amide bonds. The number of aryl methyl sites for hydroxylation is 1. The van der Waals surface area contributed by atoms with E-state index in [-0.39, 0.29) is 6.54 Å². The Kier molecular flexibility index (Phi) is 3.89. The average Bonchev–Trinajstić information content (AvgIpc) is 2.50. The SMILES string of the molecule is C#CCN(CC(=O)O)Cc1cnn(C)c1. The normalized spacial score (nSPS) is 10.2. The first-order valence-electron chi connectivity index (χ1n) is 4.47. The Bertz CT molecular complexity index is 378. The van der Waals surface area contributed by atoms with Gasteiger partial charge in [0, 0.05) is 25.4 Å². The van der Waals surface area contributed by atoms with Crippen LogP contribution in [-0.4, -0.2) is 38.8 Å². The Morgan fingerprint density at radius 2 is 2.53 bits per heavy atom. The van der Waals surface area contributed by atoms with E-state index in [9.17, 15) is 4.79 Å². The van der Waals surface area contributed by atoms with E-state index in [0.717, 1.165) is 5.56 Å². The molecule has 5 heteroatoms. The maximum absolute atomic E-state index is 10.5. The predicted molar refractivity (Wildman–Crippen MR) is 55.0 cm³/mol. The van der Waals surface area contributed by atoms with Gasteiger partial charge in [-0.15, -0.1) is 6.42 Å². The van der Waals surface area contributed by atoms with Crippen molar-refractivity contribution < 1.29 is 9.90 Å². The lowest BCUT2D eigenvalue weighted by atomic mass is 10.3. The number of hydrogen-bond acceptors (Lipinski definition) is 3. The first-order chi connectivity index (χ1) is 7.11. The zero-order chi connectivity index (χ0) is 11.3. The predicted octanol–water partition coefficient (Wildman–Crippen LogP) is -0.0601. The molecule has 5 nitrogen and oxygen atoms in total. The van der Waals surface area contributed by atoms with E-state index in [1.165, 1.54) is 0 Å². The quantitative estimate of drug-likeness (QED) is 0.687. The third-order valence-electron chi connectivity index (χ3n) is 1.84. The van der Waals surface area contributed by atoms with Crippen molar-refractivity contribution in [1.82, 2.24) is 14.7 Å². The van der Waals surface area contributed by atoms with Gasteiger partial charge >= 0.3 is 5.97 Å². The van der Waals surface area contributed by atoms with Gasteiger partial charge in [0.1, 0.15) is 0 Å². The summed E-state index contributed by atoms with van der Waals surface area (Å²) in [4.78, 5) is 12.2. The van der Waals surface area contributed by atoms with Crippen LogP contribution in [0.2, 0.25) is 0 Å². The van der Waals surface area contributed by atoms with Crippen LogP contribution in [0.5, 0.6) is 0 Å². The molecule has 80 valence electrons. The first-order valence-corrected chi connectivity index (χ1v) is 4.47. The summed E-state index contributed by atoms with van der Waals surface area (Å²) in [6, 6.07) is 0. The summed E-state index contributed by atoms with van der Waals surface area (Å²) in [5.74, 6) is 1.56. The maximum atomic E-state index is 10.5. The number of carboxylic acid groups (broad SMARTS) is 1. The molecule has 0 radical (unpaired) electrons. The molecule has 0 unspecified atom stereocenters. The fourth-order valence-electron chi connectivity index (χ4n) is 1.30. The lowest BCUT2D eigenvalue weighted by Gasteiger charge is -2.15. The molecule has 0 fully saturated rings. The molecule has 1 heterocycles. The summed E-state index contributed by atoms with van der Waals surface area (Å²) in [6.07, 6.45) is 8.70. The molecule has 0 aliphatic rings. The highest BCUT2D eigenvalue weighted by Crippen LogP contribution is 2.02. The molecule has 1 aromatic heterocycles. The lowest BCUT2D eigenvalue weighted by Crippen LogP contribution is -2.29. The van der Waals surface area contributed by atoms with Crippen molar-refractivity contribution in [3.05, 3.63) is 18.0 Å². The van der Waals surface area contributed by atoms with Crippen molar-refractivity contribution in [3.63, 3.8) is 0 Å². The van der Waals surface area contributed by atoms with E-state index < -0.39 is 5.97 Å². The molecule has 15 heavy (non-hydrogen) atoms. The minimum atomic E-state index is -0.880. The van der Waals surface area contributed by atoms with Crippen molar-refractivity contribution in [2.24, 2.45) is 7.05 Å². The van der Waals surface area contributed by atoms with Gasteiger partial charge in [-0.3, -0.25) is 14.4 Å². The molecule has 0 aromatic carbocycles. The van der Waals surface area contributed by atoms with Gasteiger partial charge in [0.2, 0.25) is 0 Å². The van der Waals surface area contributed by atoms with E-state index in [4.69, 9.17) is 11.5 Å². The fourth-order valence-corrected chi connectivity index (χ4v) is 1.30. The standard InChI is InChI=1S/C10H13N3O2/c1-3-4-13(8-10(14)15)7-9-5-11-12(2)6-9/h1,5-6H,4,7-8H2,2H3,(H,14,15). The molecule has 0 aliphatic carbocycles. The third kappa shape index (κ3) is 3.83. The first kappa shape index (κ1) is 11.3. The lowest BCUT2D eigenvalue weighted by molar-refractivity contribution is -0.138. The van der Waals surface area contributed by atoms with Gasteiger partial charge < -0.3 is 5.11 Å². The van der Waals surface area contributed by atoms with Crippen molar-refractivity contribution in [2.45, 2.75) is 6.54 Å². The second kappa shape index (κ2) is 5.17. The smallest absolute Gasteiger partial charge is 0.317 e. The molecule has 1 rings (SSSR count). The Labute approximate surface area is 88.3 Å². The number of carbonyl (C=O) groups is 1. The molecule has 0 saturated carbocycles. The van der Waals surface area contributed by atoms with Crippen LogP contribution in [0.25, 0.3) is 0 Å². The van der Waals surface area contributed by atoms with Crippen LogP contribution in [0, 0.1) is 12.3 Å². The van der Waals surface area contributed by atoms with Crippen LogP contribution in [0.3, 0.4) is 0 Å². The topological polar surface area (TPSA) is 58.4 Å². The summed E-state index contributed by atoms with van der Waals surface area (Å²) in [6.45, 7) is 0.768. The summed E-state index contributed by atoms with van der Waals surface area (Å²) in [7, 11) is 1.81. The Hall–Kier alpha value is -1.80. The van der Waals surface area contributed by atoms with Crippen molar-refractivity contribution in [1.29, 1.82) is 0 Å². The Morgan fingerprint density at radius 1 is 1.80 bits per heavy atom. The molecular weight excluding hydrogens is 194 g/mol. The van der Waals surface area contributed by atoms with Gasteiger partial charge in [-0.05, 0) is 0 Å². The minimum absolute atomic E-state index is 0.0565. The highest BCUT2D eigenvalue weighted by Gasteiger charge is 2.09. The fraction of sp³-hybridized carbons (Fsp3) is 0.400. The number of nitrogens with zero attached hydrogens (tertiary/aromatic N) is 3. The number of aliphatic carboxylic acids is 1. The van der Waals surface area contributed by atoms with Crippen LogP contribution < -0.4 is 0 Å². The number of aromatic nitrogens is 2. The summed E-state index contributed by atoms with van der Waals surface area (Å²) in [5, 5.41) is 12.7. The Morgan fingerprint density at radius 3 is 3.00 bits per heavy atom. The number of carboxylic acids is 1. The molecule has 1 N–H and O–H groups in total. The summed E-state index contributed by atoms with van der Waals surface area (Å²) >= 11 is 0. The minimum Gasteiger partial charge on any atom is -0.480 e. The maximum Gasteiger partial charge on any atom is 0.317 e. The monoisotopic (exact) mass is 207 g/mol. The summed E-state index contributed by atoms with van der Waals surface area (Å²) < 4.78 is 1.67. The van der Waals surface area contributed by atoms with E-state index >= 15 is 0 Å². The molecule has 0 atom stereocenters. The van der Waals surface area contributed by atoms with Crippen molar-refractivity contribution in [3.8, 4) is 12.3 Å². The van der Waals surface area contributed by atoms with Crippen molar-refractivity contribution in [2.75, 3.05) is 13.1 Å². The molecule has 0 bridgehead atoms. The molecule has 0 spiro atoms. The van der Waals surface area contributed by atoms with Gasteiger partial charge in [-0.1, -0.05) is 5.92 Å².